The lowest BCUT2D eigenvalue weighted by Gasteiger charge is -2.36. The lowest BCUT2D eigenvalue weighted by Crippen LogP contribution is -2.49. The minimum Gasteiger partial charge on any atom is -0.382 e. The average Bonchev–Trinajstić information content (AvgIpc) is 3.14. The van der Waals surface area contributed by atoms with Crippen molar-refractivity contribution in [2.24, 2.45) is 5.41 Å². The van der Waals surface area contributed by atoms with Crippen LogP contribution in [-0.4, -0.2) is 49.1 Å². The second-order valence-corrected chi connectivity index (χ2v) is 8.07. The summed E-state index contributed by atoms with van der Waals surface area (Å²) in [6.45, 7) is 2.53. The van der Waals surface area contributed by atoms with Crippen molar-refractivity contribution in [2.75, 3.05) is 30.0 Å². The number of nitrogens with zero attached hydrogens (tertiary/aromatic N) is 6. The number of halogens is 1. The average molecular weight is 449 g/mol. The van der Waals surface area contributed by atoms with E-state index < -0.39 is 5.41 Å². The molecule has 1 aromatic carbocycles. The van der Waals surface area contributed by atoms with Gasteiger partial charge in [-0.3, -0.25) is 4.79 Å². The van der Waals surface area contributed by atoms with Crippen LogP contribution in [0.2, 0.25) is 0 Å². The fourth-order valence-corrected chi connectivity index (χ4v) is 3.52. The molecule has 0 spiro atoms. The molecular formula is C21H20FN9O2. The minimum absolute atomic E-state index is 0.00601. The molecule has 0 aliphatic carbocycles. The summed E-state index contributed by atoms with van der Waals surface area (Å²) in [4.78, 5) is 21.2. The topological polar surface area (TPSA) is 160 Å². The third-order valence-electron chi connectivity index (χ3n) is 5.50. The zero-order valence-corrected chi connectivity index (χ0v) is 17.6. The summed E-state index contributed by atoms with van der Waals surface area (Å²) in [5.41, 5.74) is 12.9. The fourth-order valence-electron chi connectivity index (χ4n) is 3.52. The summed E-state index contributed by atoms with van der Waals surface area (Å²) in [5, 5.41) is 15.9. The Kier molecular flexibility index (Phi) is 4.86. The van der Waals surface area contributed by atoms with Crippen molar-refractivity contribution >= 4 is 34.3 Å². The third kappa shape index (κ3) is 3.59. The third-order valence-corrected chi connectivity index (χ3v) is 5.50. The number of rotatable bonds is 5. The van der Waals surface area contributed by atoms with E-state index >= 15 is 0 Å². The van der Waals surface area contributed by atoms with E-state index in [0.717, 1.165) is 0 Å². The van der Waals surface area contributed by atoms with E-state index in [4.69, 9.17) is 16.2 Å². The van der Waals surface area contributed by atoms with Gasteiger partial charge in [-0.05, 0) is 19.1 Å². The van der Waals surface area contributed by atoms with Crippen LogP contribution in [0.4, 0.5) is 21.7 Å². The molecule has 1 amide bonds. The lowest BCUT2D eigenvalue weighted by molar-refractivity contribution is -0.151. The first-order chi connectivity index (χ1) is 15.9. The molecule has 3 aromatic heterocycles. The number of hydrogen-bond donors (Lipinski definition) is 3. The number of nitrogens with one attached hydrogen (secondary N) is 1. The largest absolute Gasteiger partial charge is 0.382 e. The number of benzene rings is 1. The van der Waals surface area contributed by atoms with Crippen LogP contribution >= 0.6 is 0 Å². The molecule has 1 fully saturated rings. The fraction of sp³-hybridized carbons (Fsp3) is 0.238. The highest BCUT2D eigenvalue weighted by Crippen LogP contribution is 2.33. The van der Waals surface area contributed by atoms with Gasteiger partial charge in [0.2, 0.25) is 5.91 Å². The molecule has 33 heavy (non-hydrogen) atoms. The molecule has 4 heterocycles. The monoisotopic (exact) mass is 449 g/mol. The Balaban J connectivity index is 1.53. The van der Waals surface area contributed by atoms with E-state index in [9.17, 15) is 9.18 Å². The van der Waals surface area contributed by atoms with Crippen molar-refractivity contribution in [3.05, 3.63) is 47.9 Å². The number of anilines is 3. The second kappa shape index (κ2) is 7.74. The van der Waals surface area contributed by atoms with Gasteiger partial charge in [-0.25, -0.2) is 19.0 Å². The molecule has 0 saturated carbocycles. The number of fused-ring (bicyclic) bond motifs is 1. The summed E-state index contributed by atoms with van der Waals surface area (Å²) in [5.74, 6) is -0.506. The zero-order valence-electron chi connectivity index (χ0n) is 17.6. The second-order valence-electron chi connectivity index (χ2n) is 8.07. The van der Waals surface area contributed by atoms with Crippen molar-refractivity contribution in [3.8, 4) is 11.5 Å². The van der Waals surface area contributed by atoms with Gasteiger partial charge in [-0.2, -0.15) is 10.2 Å². The number of ether oxygens (including phenoxy) is 1. The molecule has 0 bridgehead atoms. The molecule has 1 aliphatic heterocycles. The number of nitrogens with two attached hydrogens (primary N) is 2. The Morgan fingerprint density at radius 2 is 1.94 bits per heavy atom. The maximum Gasteiger partial charge on any atom is 0.235 e. The van der Waals surface area contributed by atoms with Crippen LogP contribution < -0.4 is 16.8 Å². The van der Waals surface area contributed by atoms with Crippen LogP contribution in [0.25, 0.3) is 22.6 Å². The van der Waals surface area contributed by atoms with Crippen LogP contribution in [0.1, 0.15) is 12.5 Å². The molecule has 11 nitrogen and oxygen atoms in total. The minimum atomic E-state index is -0.655. The molecule has 1 aliphatic rings. The summed E-state index contributed by atoms with van der Waals surface area (Å²) in [6, 6.07) is 8.09. The maximum absolute atomic E-state index is 14.2. The molecule has 5 rings (SSSR count). The number of carbonyl (C=O) groups is 1. The number of nitrogen functional groups attached to an aromatic ring is 2. The molecule has 0 unspecified atom stereocenters. The molecule has 5 N–H and O–H groups in total. The predicted octanol–water partition coefficient (Wildman–Crippen LogP) is 1.61. The van der Waals surface area contributed by atoms with Gasteiger partial charge in [0.15, 0.2) is 23.1 Å². The van der Waals surface area contributed by atoms with Gasteiger partial charge in [0.05, 0.1) is 36.8 Å². The first-order valence-corrected chi connectivity index (χ1v) is 10.1. The van der Waals surface area contributed by atoms with Gasteiger partial charge in [-0.1, -0.05) is 18.2 Å². The lowest BCUT2D eigenvalue weighted by atomic mass is 9.87. The molecular weight excluding hydrogens is 429 g/mol. The van der Waals surface area contributed by atoms with Gasteiger partial charge >= 0.3 is 0 Å². The highest BCUT2D eigenvalue weighted by Gasteiger charge is 2.41. The van der Waals surface area contributed by atoms with E-state index in [0.29, 0.717) is 35.5 Å². The zero-order chi connectivity index (χ0) is 23.2. The summed E-state index contributed by atoms with van der Waals surface area (Å²) < 4.78 is 20.8. The number of amides is 1. The van der Waals surface area contributed by atoms with Crippen molar-refractivity contribution in [2.45, 2.75) is 13.5 Å². The van der Waals surface area contributed by atoms with E-state index in [1.807, 2.05) is 0 Å². The summed E-state index contributed by atoms with van der Waals surface area (Å²) in [6.07, 6.45) is 1.50. The Morgan fingerprint density at radius 3 is 2.61 bits per heavy atom. The Morgan fingerprint density at radius 1 is 1.21 bits per heavy atom. The van der Waals surface area contributed by atoms with Gasteiger partial charge in [0.1, 0.15) is 17.2 Å². The van der Waals surface area contributed by atoms with E-state index in [1.165, 1.54) is 16.9 Å². The first kappa shape index (κ1) is 20.7. The van der Waals surface area contributed by atoms with Gasteiger partial charge < -0.3 is 21.5 Å². The van der Waals surface area contributed by atoms with Crippen LogP contribution in [0.5, 0.6) is 0 Å². The van der Waals surface area contributed by atoms with Crippen molar-refractivity contribution in [1.82, 2.24) is 29.9 Å². The molecule has 12 heteroatoms. The molecule has 168 valence electrons. The standard InChI is InChI=1S/C21H20FN9O2/c1-21(9-33-10-21)20(32)26-15-16(23)27-18(28-17(15)24)14-12-6-7-25-29-19(12)31(30-14)8-11-4-2-3-5-13(11)22/h2-7H,8-10H2,1H3,(H,26,32)(H4,23,24,27,28). The van der Waals surface area contributed by atoms with E-state index in [-0.39, 0.29) is 41.4 Å². The summed E-state index contributed by atoms with van der Waals surface area (Å²) in [7, 11) is 0. The highest BCUT2D eigenvalue weighted by molar-refractivity contribution is 6.00. The van der Waals surface area contributed by atoms with Crippen molar-refractivity contribution in [3.63, 3.8) is 0 Å². The van der Waals surface area contributed by atoms with E-state index in [2.05, 4.69) is 30.6 Å². The van der Waals surface area contributed by atoms with Gasteiger partial charge in [-0.15, -0.1) is 5.10 Å². The molecule has 1 saturated heterocycles. The molecule has 0 radical (unpaired) electrons. The number of carbonyl (C=O) groups excluding carboxylic acids is 1. The number of aromatic nitrogens is 6. The van der Waals surface area contributed by atoms with Crippen LogP contribution in [0.3, 0.4) is 0 Å². The Labute approximate surface area is 187 Å². The van der Waals surface area contributed by atoms with Crippen LogP contribution in [0, 0.1) is 11.2 Å². The van der Waals surface area contributed by atoms with Gasteiger partial charge in [0.25, 0.3) is 0 Å². The Bertz CT molecular complexity index is 1360. The van der Waals surface area contributed by atoms with Crippen LogP contribution in [-0.2, 0) is 16.1 Å². The SMILES string of the molecule is CC1(C(=O)Nc2c(N)nc(-c3nn(Cc4ccccc4F)c4nnccc34)nc2N)COC1. The first-order valence-electron chi connectivity index (χ1n) is 10.1. The number of hydrogen-bond acceptors (Lipinski definition) is 9. The van der Waals surface area contributed by atoms with Crippen molar-refractivity contribution < 1.29 is 13.9 Å². The molecule has 4 aromatic rings. The quantitative estimate of drug-likeness (QED) is 0.411. The maximum atomic E-state index is 14.2. The van der Waals surface area contributed by atoms with Crippen molar-refractivity contribution in [1.29, 1.82) is 0 Å². The smallest absolute Gasteiger partial charge is 0.235 e. The van der Waals surface area contributed by atoms with E-state index in [1.54, 1.807) is 31.2 Å². The van der Waals surface area contributed by atoms with Gasteiger partial charge in [0, 0.05) is 5.56 Å². The highest BCUT2D eigenvalue weighted by atomic mass is 19.1. The van der Waals surface area contributed by atoms with Crippen LogP contribution in [0.15, 0.2) is 36.5 Å². The molecule has 0 atom stereocenters. The summed E-state index contributed by atoms with van der Waals surface area (Å²) >= 11 is 0. The Hall–Kier alpha value is -4.19. The predicted molar refractivity (Wildman–Crippen MR) is 118 cm³/mol. The normalized spacial score (nSPS) is 14.7.